The average molecular weight is 231 g/mol. The van der Waals surface area contributed by atoms with Crippen molar-refractivity contribution < 1.29 is 8.42 Å². The summed E-state index contributed by atoms with van der Waals surface area (Å²) in [5.41, 5.74) is 0. The van der Waals surface area contributed by atoms with Gasteiger partial charge >= 0.3 is 0 Å². The molecule has 0 aliphatic carbocycles. The first kappa shape index (κ1) is 12.2. The maximum atomic E-state index is 11.2. The maximum absolute atomic E-state index is 11.2. The van der Waals surface area contributed by atoms with Crippen molar-refractivity contribution in [3.63, 3.8) is 0 Å². The second-order valence-electron chi connectivity index (χ2n) is 3.86. The van der Waals surface area contributed by atoms with Gasteiger partial charge in [0.05, 0.1) is 12.8 Å². The Morgan fingerprint density at radius 2 is 2.13 bits per heavy atom. The molecular formula is C9H17N3O2S. The topological polar surface area (TPSA) is 55.2 Å². The summed E-state index contributed by atoms with van der Waals surface area (Å²) < 4.78 is 25.7. The zero-order valence-corrected chi connectivity index (χ0v) is 10.3. The molecule has 1 aromatic rings. The molecule has 6 heteroatoms. The van der Waals surface area contributed by atoms with E-state index in [-0.39, 0.29) is 6.04 Å². The van der Waals surface area contributed by atoms with Crippen molar-refractivity contribution in [1.82, 2.24) is 13.9 Å². The minimum Gasteiger partial charge on any atom is -0.331 e. The second-order valence-corrected chi connectivity index (χ2v) is 5.95. The van der Waals surface area contributed by atoms with Crippen molar-refractivity contribution in [1.29, 1.82) is 0 Å². The van der Waals surface area contributed by atoms with Crippen molar-refractivity contribution in [3.05, 3.63) is 18.2 Å². The molecule has 1 rings (SSSR count). The van der Waals surface area contributed by atoms with Crippen LogP contribution in [0.3, 0.4) is 0 Å². The van der Waals surface area contributed by atoms with Crippen LogP contribution in [0, 0.1) is 0 Å². The summed E-state index contributed by atoms with van der Waals surface area (Å²) in [5, 5.41) is 0. The van der Waals surface area contributed by atoms with E-state index in [9.17, 15) is 8.42 Å². The number of hydrogen-bond donors (Lipinski definition) is 0. The Morgan fingerprint density at radius 3 is 2.60 bits per heavy atom. The molecule has 0 N–H and O–H groups in total. The lowest BCUT2D eigenvalue weighted by molar-refractivity contribution is 0.441. The van der Waals surface area contributed by atoms with Crippen LogP contribution in [0.4, 0.5) is 0 Å². The number of rotatable bonds is 4. The summed E-state index contributed by atoms with van der Waals surface area (Å²) in [5.74, 6) is 0.762. The highest BCUT2D eigenvalue weighted by atomic mass is 32.2. The van der Waals surface area contributed by atoms with Crippen LogP contribution >= 0.6 is 0 Å². The lowest BCUT2D eigenvalue weighted by atomic mass is 10.4. The predicted octanol–water partition coefficient (Wildman–Crippen LogP) is 0.855. The van der Waals surface area contributed by atoms with Crippen molar-refractivity contribution in [2.45, 2.75) is 26.4 Å². The zero-order chi connectivity index (χ0) is 11.6. The first-order valence-corrected chi connectivity index (χ1v) is 6.60. The van der Waals surface area contributed by atoms with Crippen LogP contribution in [-0.2, 0) is 16.6 Å². The van der Waals surface area contributed by atoms with Crippen molar-refractivity contribution in [3.8, 4) is 0 Å². The Bertz CT molecular complexity index is 422. The Morgan fingerprint density at radius 1 is 1.53 bits per heavy atom. The molecule has 0 fully saturated rings. The third-order valence-corrected chi connectivity index (χ3v) is 3.50. The summed E-state index contributed by atoms with van der Waals surface area (Å²) >= 11 is 0. The molecule has 5 nitrogen and oxygen atoms in total. The fourth-order valence-electron chi connectivity index (χ4n) is 1.25. The molecule has 0 aliphatic rings. The van der Waals surface area contributed by atoms with Crippen molar-refractivity contribution in [2.24, 2.45) is 0 Å². The normalized spacial score (nSPS) is 12.7. The van der Waals surface area contributed by atoms with E-state index in [0.29, 0.717) is 6.54 Å². The van der Waals surface area contributed by atoms with Gasteiger partial charge in [-0.2, -0.15) is 4.31 Å². The Labute approximate surface area is 90.8 Å². The molecule has 0 aliphatic heterocycles. The highest BCUT2D eigenvalue weighted by Gasteiger charge is 2.15. The van der Waals surface area contributed by atoms with Crippen molar-refractivity contribution in [2.75, 3.05) is 13.3 Å². The van der Waals surface area contributed by atoms with E-state index in [4.69, 9.17) is 0 Å². The number of imidazole rings is 1. The monoisotopic (exact) mass is 231 g/mol. The summed E-state index contributed by atoms with van der Waals surface area (Å²) in [4.78, 5) is 4.15. The van der Waals surface area contributed by atoms with Crippen LogP contribution in [0.15, 0.2) is 12.4 Å². The summed E-state index contributed by atoms with van der Waals surface area (Å²) in [6.07, 6.45) is 4.73. The lowest BCUT2D eigenvalue weighted by Crippen LogP contribution is -2.26. The summed E-state index contributed by atoms with van der Waals surface area (Å²) in [6.45, 7) is 4.38. The van der Waals surface area contributed by atoms with E-state index in [2.05, 4.69) is 4.98 Å². The molecule has 1 heterocycles. The highest BCUT2D eigenvalue weighted by molar-refractivity contribution is 7.88. The third-order valence-electron chi connectivity index (χ3n) is 2.24. The van der Waals surface area contributed by atoms with Crippen molar-refractivity contribution >= 4 is 10.0 Å². The molecule has 0 amide bonds. The molecular weight excluding hydrogens is 214 g/mol. The number of hydrogen-bond acceptors (Lipinski definition) is 3. The molecule has 0 radical (unpaired) electrons. The van der Waals surface area contributed by atoms with Gasteiger partial charge in [0.25, 0.3) is 0 Å². The van der Waals surface area contributed by atoms with Gasteiger partial charge in [0.1, 0.15) is 5.82 Å². The van der Waals surface area contributed by atoms with E-state index in [1.54, 1.807) is 13.2 Å². The molecule has 15 heavy (non-hydrogen) atoms. The Kier molecular flexibility index (Phi) is 3.51. The minimum atomic E-state index is -3.14. The number of sulfonamides is 1. The standard InChI is InChI=1S/C9H17N3O2S/c1-8(2)12-6-5-10-9(12)7-11(3)15(4,13)14/h5-6,8H,7H2,1-4H3. The third kappa shape index (κ3) is 3.04. The van der Waals surface area contributed by atoms with Gasteiger partial charge in [-0.1, -0.05) is 0 Å². The smallest absolute Gasteiger partial charge is 0.211 e. The maximum Gasteiger partial charge on any atom is 0.211 e. The van der Waals surface area contributed by atoms with E-state index >= 15 is 0 Å². The summed E-state index contributed by atoms with van der Waals surface area (Å²) in [7, 11) is -1.59. The van der Waals surface area contributed by atoms with Gasteiger partial charge in [0.15, 0.2) is 0 Å². The molecule has 1 aromatic heterocycles. The predicted molar refractivity (Wildman–Crippen MR) is 58.9 cm³/mol. The Balaban J connectivity index is 2.86. The fraction of sp³-hybridized carbons (Fsp3) is 0.667. The largest absolute Gasteiger partial charge is 0.331 e. The van der Waals surface area contributed by atoms with Gasteiger partial charge < -0.3 is 4.57 Å². The molecule has 0 bridgehead atoms. The van der Waals surface area contributed by atoms with E-state index in [0.717, 1.165) is 5.82 Å². The fourth-order valence-corrected chi connectivity index (χ4v) is 1.60. The van der Waals surface area contributed by atoms with Gasteiger partial charge in [-0.25, -0.2) is 13.4 Å². The molecule has 0 saturated carbocycles. The van der Waals surface area contributed by atoms with Crippen LogP contribution in [0.5, 0.6) is 0 Å². The lowest BCUT2D eigenvalue weighted by Gasteiger charge is -2.16. The number of nitrogens with zero attached hydrogens (tertiary/aromatic N) is 3. The molecule has 86 valence electrons. The van der Waals surface area contributed by atoms with Crippen LogP contribution < -0.4 is 0 Å². The van der Waals surface area contributed by atoms with E-state index < -0.39 is 10.0 Å². The Hall–Kier alpha value is -0.880. The van der Waals surface area contributed by atoms with E-state index in [1.165, 1.54) is 10.6 Å². The first-order chi connectivity index (χ1) is 6.82. The van der Waals surface area contributed by atoms with Gasteiger partial charge in [-0.3, -0.25) is 0 Å². The van der Waals surface area contributed by atoms with Gasteiger partial charge in [-0.15, -0.1) is 0 Å². The molecule has 0 aromatic carbocycles. The van der Waals surface area contributed by atoms with Gasteiger partial charge in [0.2, 0.25) is 10.0 Å². The van der Waals surface area contributed by atoms with E-state index in [1.807, 2.05) is 24.6 Å². The zero-order valence-electron chi connectivity index (χ0n) is 9.51. The van der Waals surface area contributed by atoms with Crippen LogP contribution in [-0.4, -0.2) is 35.6 Å². The van der Waals surface area contributed by atoms with Crippen LogP contribution in [0.25, 0.3) is 0 Å². The quantitative estimate of drug-likeness (QED) is 0.772. The van der Waals surface area contributed by atoms with Gasteiger partial charge in [-0.05, 0) is 13.8 Å². The molecule has 0 saturated heterocycles. The minimum absolute atomic E-state index is 0.287. The highest BCUT2D eigenvalue weighted by Crippen LogP contribution is 2.10. The molecule has 0 spiro atoms. The van der Waals surface area contributed by atoms with Gasteiger partial charge in [0, 0.05) is 25.5 Å². The average Bonchev–Trinajstić information content (AvgIpc) is 2.50. The van der Waals surface area contributed by atoms with Crippen LogP contribution in [0.1, 0.15) is 25.7 Å². The second kappa shape index (κ2) is 4.32. The molecule has 0 unspecified atom stereocenters. The van der Waals surface area contributed by atoms with Crippen LogP contribution in [0.2, 0.25) is 0 Å². The SMILES string of the molecule is CC(C)n1ccnc1CN(C)S(C)(=O)=O. The first-order valence-electron chi connectivity index (χ1n) is 4.75. The molecule has 0 atom stereocenters. The number of aromatic nitrogens is 2. The summed E-state index contributed by atoms with van der Waals surface area (Å²) in [6, 6.07) is 0.287.